The van der Waals surface area contributed by atoms with Crippen molar-refractivity contribution in [2.75, 3.05) is 5.32 Å². The maximum absolute atomic E-state index is 12.7. The SMILES string of the molecule is Cc1nsc(C(CCCCCC(N)=S)C(=O)Nc2ccccc2)n1. The summed E-state index contributed by atoms with van der Waals surface area (Å²) in [5.74, 6) is 0.397. The average molecular weight is 363 g/mol. The number of rotatable bonds is 9. The highest BCUT2D eigenvalue weighted by molar-refractivity contribution is 7.80. The Balaban J connectivity index is 1.97. The van der Waals surface area contributed by atoms with Crippen LogP contribution in [0.4, 0.5) is 5.69 Å². The van der Waals surface area contributed by atoms with E-state index < -0.39 is 0 Å². The van der Waals surface area contributed by atoms with Crippen LogP contribution in [0.3, 0.4) is 0 Å². The van der Waals surface area contributed by atoms with E-state index in [1.807, 2.05) is 37.3 Å². The lowest BCUT2D eigenvalue weighted by molar-refractivity contribution is -0.117. The zero-order chi connectivity index (χ0) is 17.4. The lowest BCUT2D eigenvalue weighted by atomic mass is 10.00. The van der Waals surface area contributed by atoms with Gasteiger partial charge in [0, 0.05) is 5.69 Å². The fourth-order valence-corrected chi connectivity index (χ4v) is 3.33. The lowest BCUT2D eigenvalue weighted by Crippen LogP contribution is -2.21. The van der Waals surface area contributed by atoms with Crippen molar-refractivity contribution in [3.05, 3.63) is 41.2 Å². The molecule has 2 aromatic rings. The molecule has 0 aliphatic heterocycles. The summed E-state index contributed by atoms with van der Waals surface area (Å²) in [5, 5.41) is 3.74. The second-order valence-electron chi connectivity index (χ2n) is 5.65. The molecule has 1 unspecified atom stereocenters. The normalized spacial score (nSPS) is 11.9. The molecule has 0 aliphatic carbocycles. The quantitative estimate of drug-likeness (QED) is 0.524. The summed E-state index contributed by atoms with van der Waals surface area (Å²) >= 11 is 6.19. The van der Waals surface area contributed by atoms with Gasteiger partial charge in [0.15, 0.2) is 0 Å². The van der Waals surface area contributed by atoms with Gasteiger partial charge in [0.25, 0.3) is 0 Å². The van der Waals surface area contributed by atoms with Crippen LogP contribution in [-0.4, -0.2) is 20.3 Å². The Bertz CT molecular complexity index is 672. The summed E-state index contributed by atoms with van der Waals surface area (Å²) in [6.45, 7) is 1.84. The van der Waals surface area contributed by atoms with Gasteiger partial charge in [-0.2, -0.15) is 4.37 Å². The van der Waals surface area contributed by atoms with Crippen molar-refractivity contribution in [2.24, 2.45) is 5.73 Å². The second-order valence-corrected chi connectivity index (χ2v) is 6.96. The number of hydrogen-bond donors (Lipinski definition) is 2. The number of thiocarbonyl (C=S) groups is 1. The van der Waals surface area contributed by atoms with Crippen LogP contribution in [0, 0.1) is 6.92 Å². The van der Waals surface area contributed by atoms with Crippen molar-refractivity contribution in [2.45, 2.75) is 44.9 Å². The number of aryl methyl sites for hydroxylation is 1. The Morgan fingerprint density at radius 2 is 2.04 bits per heavy atom. The zero-order valence-electron chi connectivity index (χ0n) is 13.7. The largest absolute Gasteiger partial charge is 0.393 e. The van der Waals surface area contributed by atoms with E-state index in [1.165, 1.54) is 11.5 Å². The number of benzene rings is 1. The zero-order valence-corrected chi connectivity index (χ0v) is 15.3. The number of nitrogens with zero attached hydrogens (tertiary/aromatic N) is 2. The number of nitrogens with two attached hydrogens (primary N) is 1. The first-order chi connectivity index (χ1) is 11.6. The first kappa shape index (κ1) is 18.5. The van der Waals surface area contributed by atoms with Crippen LogP contribution < -0.4 is 11.1 Å². The highest BCUT2D eigenvalue weighted by Gasteiger charge is 2.24. The molecule has 0 aliphatic rings. The smallest absolute Gasteiger partial charge is 0.234 e. The number of anilines is 1. The van der Waals surface area contributed by atoms with Crippen LogP contribution in [0.25, 0.3) is 0 Å². The van der Waals surface area contributed by atoms with Crippen molar-refractivity contribution >= 4 is 40.3 Å². The monoisotopic (exact) mass is 362 g/mol. The fraction of sp³-hybridized carbons (Fsp3) is 0.412. The first-order valence-corrected chi connectivity index (χ1v) is 9.19. The predicted octanol–water partition coefficient (Wildman–Crippen LogP) is 3.81. The Morgan fingerprint density at radius 1 is 1.29 bits per heavy atom. The molecule has 5 nitrogen and oxygen atoms in total. The highest BCUT2D eigenvalue weighted by Crippen LogP contribution is 2.26. The van der Waals surface area contributed by atoms with Gasteiger partial charge in [-0.05, 0) is 49.9 Å². The van der Waals surface area contributed by atoms with Crippen LogP contribution in [0.15, 0.2) is 30.3 Å². The third kappa shape index (κ3) is 5.98. The molecule has 7 heteroatoms. The second kappa shape index (κ2) is 9.44. The van der Waals surface area contributed by atoms with Gasteiger partial charge in [0.2, 0.25) is 5.91 Å². The molecular formula is C17H22N4OS2. The van der Waals surface area contributed by atoms with Crippen LogP contribution in [-0.2, 0) is 4.79 Å². The Hall–Kier alpha value is -1.86. The first-order valence-electron chi connectivity index (χ1n) is 8.00. The Labute approximate surface area is 151 Å². The molecular weight excluding hydrogens is 340 g/mol. The van der Waals surface area contributed by atoms with Gasteiger partial charge in [-0.15, -0.1) is 0 Å². The molecule has 0 radical (unpaired) electrons. The van der Waals surface area contributed by atoms with Gasteiger partial charge in [0.1, 0.15) is 10.8 Å². The third-order valence-electron chi connectivity index (χ3n) is 3.62. The molecule has 24 heavy (non-hydrogen) atoms. The third-order valence-corrected chi connectivity index (χ3v) is 4.74. The molecule has 0 spiro atoms. The number of carbonyl (C=O) groups is 1. The van der Waals surface area contributed by atoms with E-state index in [2.05, 4.69) is 14.7 Å². The standard InChI is InChI=1S/C17H22N4OS2/c1-12-19-17(24-21-12)14(10-6-3-7-11-15(18)23)16(22)20-13-8-4-2-5-9-13/h2,4-5,8-9,14H,3,6-7,10-11H2,1H3,(H2,18,23)(H,20,22). The van der Waals surface area contributed by atoms with Gasteiger partial charge in [0.05, 0.1) is 10.9 Å². The molecule has 1 aromatic carbocycles. The van der Waals surface area contributed by atoms with Crippen LogP contribution in [0.5, 0.6) is 0 Å². The summed E-state index contributed by atoms with van der Waals surface area (Å²) in [7, 11) is 0. The molecule has 2 rings (SSSR count). The Morgan fingerprint density at radius 3 is 2.67 bits per heavy atom. The number of unbranched alkanes of at least 4 members (excludes halogenated alkanes) is 2. The maximum atomic E-state index is 12.7. The molecule has 3 N–H and O–H groups in total. The van der Waals surface area contributed by atoms with Gasteiger partial charge in [-0.3, -0.25) is 4.79 Å². The number of amides is 1. The minimum Gasteiger partial charge on any atom is -0.393 e. The van der Waals surface area contributed by atoms with Crippen molar-refractivity contribution in [3.63, 3.8) is 0 Å². The maximum Gasteiger partial charge on any atom is 0.234 e. The number of carbonyl (C=O) groups excluding carboxylic acids is 1. The summed E-state index contributed by atoms with van der Waals surface area (Å²) < 4.78 is 4.21. The van der Waals surface area contributed by atoms with Crippen LogP contribution in [0.1, 0.15) is 48.9 Å². The molecule has 1 aromatic heterocycles. The molecule has 0 fully saturated rings. The number of para-hydroxylation sites is 1. The van der Waals surface area contributed by atoms with E-state index in [-0.39, 0.29) is 11.8 Å². The molecule has 0 saturated heterocycles. The van der Waals surface area contributed by atoms with Crippen molar-refractivity contribution in [1.82, 2.24) is 9.36 Å². The lowest BCUT2D eigenvalue weighted by Gasteiger charge is -2.14. The summed E-state index contributed by atoms with van der Waals surface area (Å²) in [6.07, 6.45) is 4.37. The van der Waals surface area contributed by atoms with Gasteiger partial charge < -0.3 is 11.1 Å². The van der Waals surface area contributed by atoms with Crippen molar-refractivity contribution in [3.8, 4) is 0 Å². The molecule has 1 heterocycles. The summed E-state index contributed by atoms with van der Waals surface area (Å²) in [6, 6.07) is 9.47. The molecule has 0 bridgehead atoms. The summed E-state index contributed by atoms with van der Waals surface area (Å²) in [5.41, 5.74) is 6.31. The van der Waals surface area contributed by atoms with E-state index in [0.29, 0.717) is 10.8 Å². The van der Waals surface area contributed by atoms with Crippen LogP contribution in [0.2, 0.25) is 0 Å². The van der Waals surface area contributed by atoms with E-state index in [1.54, 1.807) is 0 Å². The number of aromatic nitrogens is 2. The molecule has 0 saturated carbocycles. The van der Waals surface area contributed by atoms with Gasteiger partial charge in [-0.1, -0.05) is 43.3 Å². The number of hydrogen-bond acceptors (Lipinski definition) is 5. The minimum absolute atomic E-state index is 0.0355. The van der Waals surface area contributed by atoms with Crippen LogP contribution >= 0.6 is 23.8 Å². The van der Waals surface area contributed by atoms with E-state index in [0.717, 1.165) is 42.8 Å². The summed E-state index contributed by atoms with van der Waals surface area (Å²) in [4.78, 5) is 17.6. The van der Waals surface area contributed by atoms with E-state index in [4.69, 9.17) is 18.0 Å². The minimum atomic E-state index is -0.277. The van der Waals surface area contributed by atoms with E-state index >= 15 is 0 Å². The topological polar surface area (TPSA) is 80.9 Å². The number of nitrogens with one attached hydrogen (secondary N) is 1. The van der Waals surface area contributed by atoms with Gasteiger partial charge in [-0.25, -0.2) is 4.98 Å². The molecule has 1 amide bonds. The van der Waals surface area contributed by atoms with Crippen molar-refractivity contribution < 1.29 is 4.79 Å². The molecule has 1 atom stereocenters. The predicted molar refractivity (Wildman–Crippen MR) is 102 cm³/mol. The Kier molecular flexibility index (Phi) is 7.27. The van der Waals surface area contributed by atoms with E-state index in [9.17, 15) is 4.79 Å². The average Bonchev–Trinajstić information content (AvgIpc) is 2.97. The van der Waals surface area contributed by atoms with Gasteiger partial charge >= 0.3 is 0 Å². The highest BCUT2D eigenvalue weighted by atomic mass is 32.1. The fourth-order valence-electron chi connectivity index (χ4n) is 2.40. The van der Waals surface area contributed by atoms with Crippen molar-refractivity contribution in [1.29, 1.82) is 0 Å². The molecule has 128 valence electrons.